The maximum absolute atomic E-state index is 13.0. The molecule has 1 atom stereocenters. The highest BCUT2D eigenvalue weighted by atomic mass is 32.2. The molecular weight excluding hydrogens is 444 g/mol. The van der Waals surface area contributed by atoms with E-state index in [-0.39, 0.29) is 23.2 Å². The highest BCUT2D eigenvalue weighted by Crippen LogP contribution is 2.30. The van der Waals surface area contributed by atoms with Crippen LogP contribution in [0, 0.1) is 0 Å². The molecule has 3 aromatic rings. The van der Waals surface area contributed by atoms with Crippen LogP contribution in [0.25, 0.3) is 11.1 Å². The summed E-state index contributed by atoms with van der Waals surface area (Å²) in [5, 5.41) is 9.50. The van der Waals surface area contributed by atoms with Gasteiger partial charge in [-0.25, -0.2) is 4.79 Å². The SMILES string of the molecule is COc1ccc(CC(OC(C)C)C(=O)O)c(OS(=O)(=O)c2ccc(-c3ccccc3)cc2)c1. The first-order chi connectivity index (χ1) is 15.7. The van der Waals surface area contributed by atoms with E-state index in [2.05, 4.69) is 0 Å². The van der Waals surface area contributed by atoms with Crippen molar-refractivity contribution in [2.75, 3.05) is 7.11 Å². The van der Waals surface area contributed by atoms with Crippen molar-refractivity contribution >= 4 is 16.1 Å². The third-order valence-corrected chi connectivity index (χ3v) is 6.09. The van der Waals surface area contributed by atoms with Crippen molar-refractivity contribution in [2.45, 2.75) is 37.4 Å². The monoisotopic (exact) mass is 470 g/mol. The van der Waals surface area contributed by atoms with E-state index in [4.69, 9.17) is 13.7 Å². The van der Waals surface area contributed by atoms with Crippen molar-refractivity contribution in [3.63, 3.8) is 0 Å². The lowest BCUT2D eigenvalue weighted by atomic mass is 10.1. The number of methoxy groups -OCH3 is 1. The third kappa shape index (κ3) is 6.34. The Hall–Kier alpha value is -3.36. The Kier molecular flexibility index (Phi) is 7.73. The number of rotatable bonds is 10. The van der Waals surface area contributed by atoms with Gasteiger partial charge < -0.3 is 18.8 Å². The van der Waals surface area contributed by atoms with Crippen molar-refractivity contribution in [3.8, 4) is 22.6 Å². The fraction of sp³-hybridized carbons (Fsp3) is 0.240. The van der Waals surface area contributed by atoms with Crippen LogP contribution >= 0.6 is 0 Å². The van der Waals surface area contributed by atoms with Gasteiger partial charge in [0, 0.05) is 12.5 Å². The van der Waals surface area contributed by atoms with E-state index in [1.54, 1.807) is 38.1 Å². The van der Waals surface area contributed by atoms with Crippen LogP contribution in [0.4, 0.5) is 0 Å². The van der Waals surface area contributed by atoms with Crippen molar-refractivity contribution in [1.29, 1.82) is 0 Å². The third-order valence-electron chi connectivity index (χ3n) is 4.84. The fourth-order valence-electron chi connectivity index (χ4n) is 3.24. The molecule has 0 saturated heterocycles. The zero-order valence-corrected chi connectivity index (χ0v) is 19.4. The van der Waals surface area contributed by atoms with Crippen molar-refractivity contribution < 1.29 is 32.0 Å². The highest BCUT2D eigenvalue weighted by Gasteiger charge is 2.25. The van der Waals surface area contributed by atoms with Crippen molar-refractivity contribution in [1.82, 2.24) is 0 Å². The first-order valence-corrected chi connectivity index (χ1v) is 11.8. The molecule has 0 radical (unpaired) electrons. The average Bonchev–Trinajstić information content (AvgIpc) is 2.79. The Labute approximate surface area is 193 Å². The zero-order chi connectivity index (χ0) is 24.0. The van der Waals surface area contributed by atoms with E-state index < -0.39 is 22.2 Å². The van der Waals surface area contributed by atoms with Crippen LogP contribution in [-0.2, 0) is 26.1 Å². The molecule has 3 rings (SSSR count). The Balaban J connectivity index is 1.89. The number of carboxylic acids is 1. The van der Waals surface area contributed by atoms with Gasteiger partial charge in [-0.3, -0.25) is 0 Å². The Morgan fingerprint density at radius 2 is 1.58 bits per heavy atom. The van der Waals surface area contributed by atoms with Gasteiger partial charge in [-0.2, -0.15) is 8.42 Å². The summed E-state index contributed by atoms with van der Waals surface area (Å²) in [5.41, 5.74) is 2.20. The summed E-state index contributed by atoms with van der Waals surface area (Å²) in [6, 6.07) is 20.5. The maximum atomic E-state index is 13.0. The molecule has 33 heavy (non-hydrogen) atoms. The number of hydrogen-bond donors (Lipinski definition) is 1. The standard InChI is InChI=1S/C25H26O7S/c1-17(2)31-24(25(26)27)15-20-9-12-21(30-3)16-23(20)32-33(28,29)22-13-10-19(11-14-22)18-7-5-4-6-8-18/h4-14,16-17,24H,15H2,1-3H3,(H,26,27). The van der Waals surface area contributed by atoms with Crippen LogP contribution in [-0.4, -0.2) is 38.8 Å². The minimum Gasteiger partial charge on any atom is -0.497 e. The number of benzene rings is 3. The first-order valence-electron chi connectivity index (χ1n) is 10.3. The summed E-state index contributed by atoms with van der Waals surface area (Å²) in [4.78, 5) is 11.6. The molecule has 0 heterocycles. The zero-order valence-electron chi connectivity index (χ0n) is 18.6. The van der Waals surface area contributed by atoms with E-state index in [0.29, 0.717) is 11.3 Å². The lowest BCUT2D eigenvalue weighted by Crippen LogP contribution is -2.29. The van der Waals surface area contributed by atoms with Gasteiger partial charge in [-0.05, 0) is 48.7 Å². The molecule has 0 spiro atoms. The van der Waals surface area contributed by atoms with Crippen molar-refractivity contribution in [2.24, 2.45) is 0 Å². The van der Waals surface area contributed by atoms with Crippen LogP contribution in [0.5, 0.6) is 11.5 Å². The molecule has 174 valence electrons. The molecule has 1 unspecified atom stereocenters. The molecule has 0 aromatic heterocycles. The molecule has 0 aliphatic carbocycles. The predicted molar refractivity (Wildman–Crippen MR) is 124 cm³/mol. The average molecular weight is 471 g/mol. The number of hydrogen-bond acceptors (Lipinski definition) is 6. The molecule has 0 aliphatic rings. The molecule has 0 fully saturated rings. The predicted octanol–water partition coefficient (Wildman–Crippen LogP) is 4.55. The van der Waals surface area contributed by atoms with Crippen molar-refractivity contribution in [3.05, 3.63) is 78.4 Å². The topological polar surface area (TPSA) is 99.1 Å². The fourth-order valence-corrected chi connectivity index (χ4v) is 4.20. The summed E-state index contributed by atoms with van der Waals surface area (Å²) < 4.78 is 42.1. The molecule has 0 saturated carbocycles. The number of aliphatic carboxylic acids is 1. The molecule has 0 bridgehead atoms. The largest absolute Gasteiger partial charge is 0.497 e. The van der Waals surface area contributed by atoms with E-state index >= 15 is 0 Å². The van der Waals surface area contributed by atoms with Gasteiger partial charge in [-0.15, -0.1) is 0 Å². The van der Waals surface area contributed by atoms with E-state index in [1.807, 2.05) is 30.3 Å². The molecule has 1 N–H and O–H groups in total. The van der Waals surface area contributed by atoms with Gasteiger partial charge in [0.05, 0.1) is 13.2 Å². The number of carboxylic acid groups (broad SMARTS) is 1. The molecule has 3 aromatic carbocycles. The summed E-state index contributed by atoms with van der Waals surface area (Å²) in [6.45, 7) is 3.45. The Morgan fingerprint density at radius 1 is 0.939 bits per heavy atom. The van der Waals surface area contributed by atoms with Crippen LogP contribution in [0.2, 0.25) is 0 Å². The maximum Gasteiger partial charge on any atom is 0.339 e. The lowest BCUT2D eigenvalue weighted by molar-refractivity contribution is -0.153. The van der Waals surface area contributed by atoms with E-state index in [1.165, 1.54) is 25.3 Å². The smallest absolute Gasteiger partial charge is 0.339 e. The molecule has 0 aliphatic heterocycles. The molecule has 8 heteroatoms. The van der Waals surface area contributed by atoms with E-state index in [9.17, 15) is 18.3 Å². The summed E-state index contributed by atoms with van der Waals surface area (Å²) >= 11 is 0. The van der Waals surface area contributed by atoms with Gasteiger partial charge in [0.25, 0.3) is 0 Å². The Morgan fingerprint density at radius 3 is 2.15 bits per heavy atom. The minimum atomic E-state index is -4.18. The Bertz CT molecular complexity index is 1190. The first kappa shape index (κ1) is 24.3. The van der Waals surface area contributed by atoms with Crippen LogP contribution in [0.1, 0.15) is 19.4 Å². The highest BCUT2D eigenvalue weighted by molar-refractivity contribution is 7.87. The van der Waals surface area contributed by atoms with E-state index in [0.717, 1.165) is 11.1 Å². The summed E-state index contributed by atoms with van der Waals surface area (Å²) in [5.74, 6) is -0.787. The van der Waals surface area contributed by atoms with Gasteiger partial charge in [0.1, 0.15) is 16.4 Å². The minimum absolute atomic E-state index is 0.0138. The lowest BCUT2D eigenvalue weighted by Gasteiger charge is -2.19. The molecule has 7 nitrogen and oxygen atoms in total. The van der Waals surface area contributed by atoms with Gasteiger partial charge >= 0.3 is 16.1 Å². The second-order valence-electron chi connectivity index (χ2n) is 7.62. The molecule has 0 amide bonds. The van der Waals surface area contributed by atoms with Crippen LogP contribution in [0.15, 0.2) is 77.7 Å². The van der Waals surface area contributed by atoms with Gasteiger partial charge in [-0.1, -0.05) is 48.5 Å². The normalized spacial score (nSPS) is 12.4. The van der Waals surface area contributed by atoms with Gasteiger partial charge in [0.2, 0.25) is 0 Å². The molecular formula is C25H26O7S. The summed E-state index contributed by atoms with van der Waals surface area (Å²) in [7, 11) is -2.74. The second-order valence-corrected chi connectivity index (χ2v) is 9.16. The quantitative estimate of drug-likeness (QED) is 0.434. The summed E-state index contributed by atoms with van der Waals surface area (Å²) in [6.07, 6.45) is -1.55. The van der Waals surface area contributed by atoms with Crippen LogP contribution in [0.3, 0.4) is 0 Å². The number of carbonyl (C=O) groups is 1. The second kappa shape index (κ2) is 10.5. The number of ether oxygens (including phenoxy) is 2. The van der Waals surface area contributed by atoms with Crippen LogP contribution < -0.4 is 8.92 Å². The van der Waals surface area contributed by atoms with Gasteiger partial charge in [0.15, 0.2) is 6.10 Å².